The van der Waals surface area contributed by atoms with Crippen molar-refractivity contribution in [1.29, 1.82) is 0 Å². The Morgan fingerprint density at radius 2 is 2.32 bits per heavy atom. The van der Waals surface area contributed by atoms with E-state index in [1.54, 1.807) is 12.3 Å². The number of aromatic nitrogens is 2. The van der Waals surface area contributed by atoms with E-state index in [0.717, 1.165) is 6.42 Å². The van der Waals surface area contributed by atoms with Gasteiger partial charge in [0.2, 0.25) is 11.8 Å². The van der Waals surface area contributed by atoms with Gasteiger partial charge in [0, 0.05) is 18.8 Å². The summed E-state index contributed by atoms with van der Waals surface area (Å²) in [6, 6.07) is 1.68. The van der Waals surface area contributed by atoms with E-state index >= 15 is 0 Å². The molecule has 0 radical (unpaired) electrons. The predicted molar refractivity (Wildman–Crippen MR) is 73.1 cm³/mol. The molecule has 1 unspecified atom stereocenters. The van der Waals surface area contributed by atoms with Crippen molar-refractivity contribution in [3.8, 4) is 5.88 Å². The number of sulfone groups is 1. The maximum atomic E-state index is 11.7. The van der Waals surface area contributed by atoms with Gasteiger partial charge in [-0.3, -0.25) is 0 Å². The molecule has 1 aromatic heterocycles. The lowest BCUT2D eigenvalue weighted by Crippen LogP contribution is -2.25. The molecule has 1 fully saturated rings. The number of hydrogen-bond acceptors (Lipinski definition) is 6. The maximum absolute atomic E-state index is 11.7. The average molecular weight is 285 g/mol. The monoisotopic (exact) mass is 285 g/mol. The summed E-state index contributed by atoms with van der Waals surface area (Å²) in [6.07, 6.45) is 3.08. The van der Waals surface area contributed by atoms with Crippen molar-refractivity contribution in [3.05, 3.63) is 12.3 Å². The van der Waals surface area contributed by atoms with E-state index < -0.39 is 9.84 Å². The van der Waals surface area contributed by atoms with Gasteiger partial charge < -0.3 is 10.1 Å². The average Bonchev–Trinajstić information content (AvgIpc) is 2.65. The quantitative estimate of drug-likeness (QED) is 0.877. The minimum absolute atomic E-state index is 0.0398. The van der Waals surface area contributed by atoms with Gasteiger partial charge in [0.25, 0.3) is 0 Å². The summed E-state index contributed by atoms with van der Waals surface area (Å²) in [7, 11) is -2.94. The molecule has 1 atom stereocenters. The molecular weight excluding hydrogens is 266 g/mol. The van der Waals surface area contributed by atoms with Crippen LogP contribution in [0.25, 0.3) is 0 Å². The molecule has 0 aromatic carbocycles. The Labute approximate surface area is 113 Å². The first-order chi connectivity index (χ1) is 8.97. The molecule has 1 aromatic rings. The summed E-state index contributed by atoms with van der Waals surface area (Å²) in [6.45, 7) is 4.19. The Hall–Kier alpha value is -1.37. The first kappa shape index (κ1) is 14.0. The molecule has 0 saturated carbocycles. The molecule has 0 spiro atoms. The Morgan fingerprint density at radius 3 is 2.95 bits per heavy atom. The number of hydrogen-bond donors (Lipinski definition) is 1. The van der Waals surface area contributed by atoms with E-state index in [0.29, 0.717) is 24.8 Å². The van der Waals surface area contributed by atoms with Gasteiger partial charge in [-0.05, 0) is 26.7 Å². The molecule has 2 heterocycles. The third-order valence-corrected chi connectivity index (χ3v) is 5.21. The van der Waals surface area contributed by atoms with Gasteiger partial charge in [-0.25, -0.2) is 13.4 Å². The minimum atomic E-state index is -2.94. The second-order valence-electron chi connectivity index (χ2n) is 4.90. The molecule has 1 saturated heterocycles. The normalized spacial score (nSPS) is 21.5. The fraction of sp³-hybridized carbons (Fsp3) is 0.667. The van der Waals surface area contributed by atoms with Crippen LogP contribution >= 0.6 is 0 Å². The zero-order valence-electron chi connectivity index (χ0n) is 11.2. The summed E-state index contributed by atoms with van der Waals surface area (Å²) < 4.78 is 28.8. The smallest absolute Gasteiger partial charge is 0.225 e. The van der Waals surface area contributed by atoms with Gasteiger partial charge in [0.05, 0.1) is 17.1 Å². The second-order valence-corrected chi connectivity index (χ2v) is 7.30. The first-order valence-corrected chi connectivity index (χ1v) is 8.14. The van der Waals surface area contributed by atoms with Crippen molar-refractivity contribution in [2.75, 3.05) is 17.6 Å². The summed E-state index contributed by atoms with van der Waals surface area (Å²) in [5.41, 5.74) is 0. The summed E-state index contributed by atoms with van der Waals surface area (Å²) in [5, 5.41) is 2.65. The summed E-state index contributed by atoms with van der Waals surface area (Å²) in [4.78, 5) is 8.24. The maximum Gasteiger partial charge on any atom is 0.225 e. The van der Waals surface area contributed by atoms with Crippen LogP contribution in [0.4, 0.5) is 5.95 Å². The number of ether oxygens (including phenoxy) is 1. The van der Waals surface area contributed by atoms with Crippen LogP contribution in [0, 0.1) is 0 Å². The van der Waals surface area contributed by atoms with Crippen molar-refractivity contribution in [3.63, 3.8) is 0 Å². The van der Waals surface area contributed by atoms with E-state index in [1.807, 2.05) is 13.8 Å². The molecule has 0 aliphatic carbocycles. The predicted octanol–water partition coefficient (Wildman–Crippen LogP) is 1.25. The van der Waals surface area contributed by atoms with Crippen LogP contribution in [0.15, 0.2) is 12.3 Å². The van der Waals surface area contributed by atoms with Crippen LogP contribution in [-0.2, 0) is 9.84 Å². The number of nitrogens with zero attached hydrogens (tertiary/aromatic N) is 2. The number of nitrogens with one attached hydrogen (secondary N) is 1. The Bertz CT molecular complexity index is 531. The lowest BCUT2D eigenvalue weighted by atomic mass is 10.2. The number of rotatable bonds is 5. The number of anilines is 1. The molecular formula is C12H19N3O3S. The van der Waals surface area contributed by atoms with Crippen molar-refractivity contribution in [2.45, 2.75) is 38.0 Å². The molecule has 1 N–H and O–H groups in total. The third-order valence-electron chi connectivity index (χ3n) is 2.94. The summed E-state index contributed by atoms with van der Waals surface area (Å²) in [5.74, 6) is 1.18. The van der Waals surface area contributed by atoms with Crippen LogP contribution in [0.3, 0.4) is 0 Å². The topological polar surface area (TPSA) is 81.2 Å². The second kappa shape index (κ2) is 5.73. The molecule has 0 amide bonds. The fourth-order valence-corrected chi connectivity index (χ4v) is 3.79. The minimum Gasteiger partial charge on any atom is -0.475 e. The molecule has 1 aliphatic heterocycles. The Morgan fingerprint density at radius 1 is 1.53 bits per heavy atom. The highest BCUT2D eigenvalue weighted by atomic mass is 32.2. The molecule has 0 bridgehead atoms. The van der Waals surface area contributed by atoms with E-state index in [-0.39, 0.29) is 17.1 Å². The zero-order valence-corrected chi connectivity index (χ0v) is 12.0. The molecule has 6 nitrogen and oxygen atoms in total. The Balaban J connectivity index is 1.96. The largest absolute Gasteiger partial charge is 0.475 e. The zero-order chi connectivity index (χ0) is 13.9. The highest BCUT2D eigenvalue weighted by Crippen LogP contribution is 2.20. The van der Waals surface area contributed by atoms with E-state index in [4.69, 9.17) is 4.74 Å². The van der Waals surface area contributed by atoms with Gasteiger partial charge in [-0.1, -0.05) is 0 Å². The molecule has 2 rings (SSSR count). The van der Waals surface area contributed by atoms with Gasteiger partial charge in [0.1, 0.15) is 0 Å². The molecule has 106 valence electrons. The highest BCUT2D eigenvalue weighted by molar-refractivity contribution is 7.92. The lowest BCUT2D eigenvalue weighted by Gasteiger charge is -2.12. The van der Waals surface area contributed by atoms with Gasteiger partial charge >= 0.3 is 0 Å². The Kier molecular flexibility index (Phi) is 4.24. The van der Waals surface area contributed by atoms with Crippen molar-refractivity contribution in [1.82, 2.24) is 9.97 Å². The fourth-order valence-electron chi connectivity index (χ4n) is 2.03. The van der Waals surface area contributed by atoms with Gasteiger partial charge in [-0.15, -0.1) is 0 Å². The van der Waals surface area contributed by atoms with Gasteiger partial charge in [-0.2, -0.15) is 4.98 Å². The van der Waals surface area contributed by atoms with E-state index in [9.17, 15) is 8.42 Å². The van der Waals surface area contributed by atoms with Crippen LogP contribution in [0.1, 0.15) is 26.7 Å². The molecule has 1 aliphatic rings. The summed E-state index contributed by atoms with van der Waals surface area (Å²) >= 11 is 0. The van der Waals surface area contributed by atoms with Crippen LogP contribution in [0.5, 0.6) is 5.88 Å². The lowest BCUT2D eigenvalue weighted by molar-refractivity contribution is 0.232. The van der Waals surface area contributed by atoms with Crippen LogP contribution < -0.4 is 10.1 Å². The third kappa shape index (κ3) is 3.79. The van der Waals surface area contributed by atoms with Crippen LogP contribution in [-0.4, -0.2) is 42.0 Å². The van der Waals surface area contributed by atoms with Gasteiger partial charge in [0.15, 0.2) is 9.84 Å². The highest BCUT2D eigenvalue weighted by Gasteiger charge is 2.30. The van der Waals surface area contributed by atoms with E-state index in [2.05, 4.69) is 15.3 Å². The molecule has 7 heteroatoms. The first-order valence-electron chi connectivity index (χ1n) is 6.42. The van der Waals surface area contributed by atoms with Crippen molar-refractivity contribution in [2.24, 2.45) is 0 Å². The SMILES string of the molecule is CC(C)Oc1ccnc(NCC2CCCS2(=O)=O)n1. The standard InChI is InChI=1S/C12H19N3O3S/c1-9(2)18-11-5-6-13-12(15-11)14-8-10-4-3-7-19(10,16)17/h5-6,9-10H,3-4,7-8H2,1-2H3,(H,13,14,15). The van der Waals surface area contributed by atoms with Crippen LogP contribution in [0.2, 0.25) is 0 Å². The van der Waals surface area contributed by atoms with Crippen molar-refractivity contribution >= 4 is 15.8 Å². The molecule has 19 heavy (non-hydrogen) atoms. The van der Waals surface area contributed by atoms with Crippen molar-refractivity contribution < 1.29 is 13.2 Å². The van der Waals surface area contributed by atoms with E-state index in [1.165, 1.54) is 0 Å².